The van der Waals surface area contributed by atoms with Gasteiger partial charge in [0.15, 0.2) is 5.65 Å². The molecule has 4 aromatic rings. The molecule has 0 fully saturated rings. The Kier molecular flexibility index (Phi) is 9.84. The van der Waals surface area contributed by atoms with Gasteiger partial charge in [-0.05, 0) is 61.7 Å². The Labute approximate surface area is 284 Å². The van der Waals surface area contributed by atoms with Crippen LogP contribution in [-0.2, 0) is 32.8 Å². The van der Waals surface area contributed by atoms with E-state index in [4.69, 9.17) is 31.5 Å². The number of imidazole rings is 1. The van der Waals surface area contributed by atoms with E-state index in [1.54, 1.807) is 20.8 Å². The number of allylic oxidation sites excluding steroid dienone is 1. The first-order valence-electron chi connectivity index (χ1n) is 15.6. The second-order valence-electron chi connectivity index (χ2n) is 13.0. The largest absolute Gasteiger partial charge is 0.471 e. The van der Waals surface area contributed by atoms with E-state index in [0.717, 1.165) is 28.1 Å². The van der Waals surface area contributed by atoms with Crippen LogP contribution in [0.25, 0.3) is 16.0 Å². The minimum atomic E-state index is -0.713. The highest BCUT2D eigenvalue weighted by molar-refractivity contribution is 6.12. The third-order valence-electron chi connectivity index (χ3n) is 7.74. The van der Waals surface area contributed by atoms with Crippen molar-refractivity contribution < 1.29 is 23.8 Å². The van der Waals surface area contributed by atoms with Gasteiger partial charge in [0.05, 0.1) is 25.1 Å². The van der Waals surface area contributed by atoms with Gasteiger partial charge in [-0.15, -0.1) is 0 Å². The van der Waals surface area contributed by atoms with E-state index < -0.39 is 23.1 Å². The van der Waals surface area contributed by atoms with Crippen LogP contribution in [0, 0.1) is 6.57 Å². The van der Waals surface area contributed by atoms with Crippen molar-refractivity contribution in [3.8, 4) is 5.88 Å². The standard InChI is InChI=1S/C35H39N9O5/c1-34(2,3)49-31(45)26(37-6)17-27-35(4,5)24-16-23(12-13-25(24)41-27)44(7)14-15-47-33(46)38-18-21-8-10-22(11-9-21)19-48-30-28-29(40-20-39-28)42-32(36)43-30/h8-13,16-17,20H,14-15,18-19H2,1-5,7H3,(H,38,46)(H3,36,39,40,42,43)/b26-17-. The van der Waals surface area contributed by atoms with Crippen LogP contribution in [0.3, 0.4) is 0 Å². The molecule has 1 amide bonds. The summed E-state index contributed by atoms with van der Waals surface area (Å²) >= 11 is 0. The van der Waals surface area contributed by atoms with Gasteiger partial charge in [-0.25, -0.2) is 14.6 Å². The number of esters is 1. The number of amides is 1. The number of nitrogen functional groups attached to an aromatic ring is 1. The number of ether oxygens (including phenoxy) is 3. The molecule has 4 N–H and O–H groups in total. The fourth-order valence-corrected chi connectivity index (χ4v) is 5.04. The average Bonchev–Trinajstić information content (AvgIpc) is 3.62. The second-order valence-corrected chi connectivity index (χ2v) is 13.0. The molecule has 2 aromatic heterocycles. The number of H-pyrrole nitrogens is 1. The number of nitrogens with zero attached hydrogens (tertiary/aromatic N) is 6. The van der Waals surface area contributed by atoms with Gasteiger partial charge in [-0.2, -0.15) is 9.97 Å². The Balaban J connectivity index is 1.08. The summed E-state index contributed by atoms with van der Waals surface area (Å²) in [5.74, 6) is -0.276. The van der Waals surface area contributed by atoms with E-state index in [1.165, 1.54) is 12.4 Å². The number of benzene rings is 2. The molecule has 1 aliphatic heterocycles. The lowest BCUT2D eigenvalue weighted by atomic mass is 9.81. The van der Waals surface area contributed by atoms with Crippen molar-refractivity contribution >= 4 is 46.3 Å². The first kappa shape index (κ1) is 34.4. The number of anilines is 2. The summed E-state index contributed by atoms with van der Waals surface area (Å²) in [4.78, 5) is 50.3. The molecule has 0 bridgehead atoms. The topological polar surface area (TPSA) is 174 Å². The number of alkyl carbamates (subject to hydrolysis) is 1. The maximum Gasteiger partial charge on any atom is 0.407 e. The number of aromatic nitrogens is 4. The van der Waals surface area contributed by atoms with Gasteiger partial charge < -0.3 is 35.1 Å². The monoisotopic (exact) mass is 665 g/mol. The van der Waals surface area contributed by atoms with Gasteiger partial charge >= 0.3 is 12.1 Å². The van der Waals surface area contributed by atoms with Crippen molar-refractivity contribution in [2.75, 3.05) is 30.8 Å². The molecule has 0 spiro atoms. The van der Waals surface area contributed by atoms with Crippen molar-refractivity contribution in [2.45, 2.75) is 58.8 Å². The summed E-state index contributed by atoms with van der Waals surface area (Å²) < 4.78 is 16.6. The molecule has 3 heterocycles. The quantitative estimate of drug-likeness (QED) is 0.107. The lowest BCUT2D eigenvalue weighted by Gasteiger charge is -2.24. The number of carbonyl (C=O) groups excluding carboxylic acids is 2. The number of hydrogen-bond donors (Lipinski definition) is 3. The van der Waals surface area contributed by atoms with Crippen LogP contribution in [-0.4, -0.2) is 63.5 Å². The molecule has 14 nitrogen and oxygen atoms in total. The summed E-state index contributed by atoms with van der Waals surface area (Å²) in [5, 5.41) is 2.78. The van der Waals surface area contributed by atoms with Crippen LogP contribution in [0.4, 0.5) is 22.1 Å². The molecule has 0 radical (unpaired) electrons. The Morgan fingerprint density at radius 3 is 2.57 bits per heavy atom. The van der Waals surface area contributed by atoms with Gasteiger partial charge in [-0.1, -0.05) is 38.1 Å². The smallest absolute Gasteiger partial charge is 0.407 e. The van der Waals surface area contributed by atoms with Crippen LogP contribution in [0.5, 0.6) is 5.88 Å². The highest BCUT2D eigenvalue weighted by atomic mass is 16.6. The molecule has 2 aromatic carbocycles. The summed E-state index contributed by atoms with van der Waals surface area (Å²) in [6.07, 6.45) is 2.49. The molecular formula is C35H39N9O5. The molecule has 0 unspecified atom stereocenters. The fraction of sp³-hybridized carbons (Fsp3) is 0.343. The number of carbonyl (C=O) groups is 2. The zero-order valence-corrected chi connectivity index (χ0v) is 28.3. The minimum absolute atomic E-state index is 0.0792. The average molecular weight is 666 g/mol. The highest BCUT2D eigenvalue weighted by Gasteiger charge is 2.35. The molecular weight excluding hydrogens is 626 g/mol. The molecule has 0 saturated heterocycles. The number of hydrogen-bond acceptors (Lipinski definition) is 11. The van der Waals surface area contributed by atoms with Crippen LogP contribution < -0.4 is 20.7 Å². The van der Waals surface area contributed by atoms with Crippen LogP contribution in [0.1, 0.15) is 51.3 Å². The zero-order chi connectivity index (χ0) is 35.3. The van der Waals surface area contributed by atoms with E-state index in [2.05, 4.69) is 30.1 Å². The minimum Gasteiger partial charge on any atom is -0.471 e. The molecule has 14 heteroatoms. The molecule has 0 atom stereocenters. The predicted molar refractivity (Wildman–Crippen MR) is 185 cm³/mol. The summed E-state index contributed by atoms with van der Waals surface area (Å²) in [6.45, 7) is 18.0. The number of fused-ring (bicyclic) bond motifs is 2. The van der Waals surface area contributed by atoms with E-state index in [1.807, 2.05) is 68.3 Å². The second kappa shape index (κ2) is 14.0. The Morgan fingerprint density at radius 1 is 1.12 bits per heavy atom. The third kappa shape index (κ3) is 8.31. The van der Waals surface area contributed by atoms with Crippen LogP contribution >= 0.6 is 0 Å². The number of nitrogens with two attached hydrogens (primary N) is 1. The van der Waals surface area contributed by atoms with Crippen molar-refractivity contribution in [3.05, 3.63) is 88.7 Å². The Morgan fingerprint density at radius 2 is 1.86 bits per heavy atom. The SMILES string of the molecule is [C-]#[N+]/C(=C\C1=Nc2ccc(N(C)CCOC(=O)NCc3ccc(COc4nc(N)nc5nc[nH]c45)cc3)cc2C1(C)C)C(=O)OC(C)(C)C. The lowest BCUT2D eigenvalue weighted by molar-refractivity contribution is -0.149. The van der Waals surface area contributed by atoms with E-state index in [0.29, 0.717) is 35.8 Å². The van der Waals surface area contributed by atoms with Gasteiger partial charge in [-0.3, -0.25) is 9.79 Å². The summed E-state index contributed by atoms with van der Waals surface area (Å²) in [5.41, 5.74) is 10.4. The molecule has 254 valence electrons. The first-order valence-corrected chi connectivity index (χ1v) is 15.6. The lowest BCUT2D eigenvalue weighted by Crippen LogP contribution is -2.29. The third-order valence-corrected chi connectivity index (χ3v) is 7.74. The zero-order valence-electron chi connectivity index (χ0n) is 28.3. The molecule has 1 aliphatic rings. The molecule has 0 aliphatic carbocycles. The van der Waals surface area contributed by atoms with Crippen molar-refractivity contribution in [2.24, 2.45) is 4.99 Å². The number of aliphatic imine (C=N–C) groups is 1. The molecule has 49 heavy (non-hydrogen) atoms. The van der Waals surface area contributed by atoms with Crippen LogP contribution in [0.15, 0.2) is 65.6 Å². The number of aromatic amines is 1. The van der Waals surface area contributed by atoms with Gasteiger partial charge in [0.1, 0.15) is 24.3 Å². The number of likely N-dealkylation sites (N-methyl/N-ethyl adjacent to an activating group) is 1. The maximum absolute atomic E-state index is 12.6. The Hall–Kier alpha value is -5.97. The van der Waals surface area contributed by atoms with E-state index >= 15 is 0 Å². The molecule has 5 rings (SSSR count). The molecule has 0 saturated carbocycles. The van der Waals surface area contributed by atoms with Gasteiger partial charge in [0.2, 0.25) is 11.8 Å². The number of rotatable bonds is 11. The van der Waals surface area contributed by atoms with Crippen molar-refractivity contribution in [1.29, 1.82) is 0 Å². The normalized spacial score (nSPS) is 13.7. The van der Waals surface area contributed by atoms with Crippen LogP contribution in [0.2, 0.25) is 0 Å². The summed E-state index contributed by atoms with van der Waals surface area (Å²) in [7, 11) is 1.91. The van der Waals surface area contributed by atoms with Gasteiger partial charge in [0.25, 0.3) is 5.70 Å². The van der Waals surface area contributed by atoms with Crippen molar-refractivity contribution in [1.82, 2.24) is 25.3 Å². The number of nitrogens with one attached hydrogen (secondary N) is 2. The summed E-state index contributed by atoms with van der Waals surface area (Å²) in [6, 6.07) is 13.5. The highest BCUT2D eigenvalue weighted by Crippen LogP contribution is 2.42. The maximum atomic E-state index is 12.6. The van der Waals surface area contributed by atoms with Gasteiger partial charge in [0, 0.05) is 30.4 Å². The van der Waals surface area contributed by atoms with E-state index in [9.17, 15) is 9.59 Å². The first-order chi connectivity index (χ1) is 23.2. The van der Waals surface area contributed by atoms with E-state index in [-0.39, 0.29) is 24.9 Å². The fourth-order valence-electron chi connectivity index (χ4n) is 5.04. The predicted octanol–water partition coefficient (Wildman–Crippen LogP) is 5.39. The Bertz CT molecular complexity index is 1970. The van der Waals surface area contributed by atoms with Crippen molar-refractivity contribution in [3.63, 3.8) is 0 Å².